The van der Waals surface area contributed by atoms with Crippen molar-refractivity contribution in [1.29, 1.82) is 0 Å². The number of para-hydroxylation sites is 1. The van der Waals surface area contributed by atoms with Gasteiger partial charge in [0.1, 0.15) is 11.5 Å². The number of carbonyl (C=O) groups is 1. The van der Waals surface area contributed by atoms with E-state index in [0.717, 1.165) is 66.3 Å². The molecule has 1 saturated heterocycles. The van der Waals surface area contributed by atoms with Crippen LogP contribution in [0.5, 0.6) is 11.5 Å². The number of rotatable bonds is 8. The molecule has 6 nitrogen and oxygen atoms in total. The van der Waals surface area contributed by atoms with E-state index in [-0.39, 0.29) is 11.8 Å². The van der Waals surface area contributed by atoms with Crippen molar-refractivity contribution in [2.75, 3.05) is 40.4 Å². The predicted molar refractivity (Wildman–Crippen MR) is 143 cm³/mol. The van der Waals surface area contributed by atoms with Gasteiger partial charge >= 0.3 is 0 Å². The van der Waals surface area contributed by atoms with Crippen LogP contribution in [0.25, 0.3) is 10.9 Å². The molecule has 1 fully saturated rings. The first-order valence-electron chi connectivity index (χ1n) is 12.5. The van der Waals surface area contributed by atoms with E-state index in [1.165, 1.54) is 5.56 Å². The van der Waals surface area contributed by atoms with E-state index in [2.05, 4.69) is 46.3 Å². The van der Waals surface area contributed by atoms with Crippen LogP contribution in [0, 0.1) is 0 Å². The zero-order chi connectivity index (χ0) is 24.9. The van der Waals surface area contributed by atoms with Crippen molar-refractivity contribution < 1.29 is 14.3 Å². The summed E-state index contributed by atoms with van der Waals surface area (Å²) in [6.45, 7) is 4.17. The van der Waals surface area contributed by atoms with Gasteiger partial charge in [0.15, 0.2) is 0 Å². The molecule has 0 bridgehead atoms. The number of nitrogens with one attached hydrogen (secondary N) is 1. The Bertz CT molecular complexity index is 1290. The number of aromatic nitrogens is 1. The molecule has 0 aliphatic carbocycles. The maximum atomic E-state index is 13.6. The van der Waals surface area contributed by atoms with Crippen molar-refractivity contribution >= 4 is 16.8 Å². The Labute approximate surface area is 212 Å². The summed E-state index contributed by atoms with van der Waals surface area (Å²) in [5, 5.41) is 1.13. The van der Waals surface area contributed by atoms with E-state index in [1.807, 2.05) is 47.5 Å². The number of hydrogen-bond donors (Lipinski definition) is 1. The van der Waals surface area contributed by atoms with Crippen molar-refractivity contribution in [2.24, 2.45) is 0 Å². The highest BCUT2D eigenvalue weighted by atomic mass is 16.5. The Morgan fingerprint density at radius 3 is 2.25 bits per heavy atom. The molecule has 3 aromatic carbocycles. The molecule has 36 heavy (non-hydrogen) atoms. The van der Waals surface area contributed by atoms with Crippen LogP contribution in [-0.4, -0.2) is 61.1 Å². The van der Waals surface area contributed by atoms with E-state index in [1.54, 1.807) is 14.2 Å². The monoisotopic (exact) mass is 483 g/mol. The number of amides is 1. The predicted octanol–water partition coefficient (Wildman–Crippen LogP) is 5.05. The summed E-state index contributed by atoms with van der Waals surface area (Å²) in [5.41, 5.74) is 4.49. The fourth-order valence-electron chi connectivity index (χ4n) is 5.12. The topological polar surface area (TPSA) is 57.8 Å². The van der Waals surface area contributed by atoms with Crippen molar-refractivity contribution in [3.63, 3.8) is 0 Å². The minimum atomic E-state index is -0.125. The van der Waals surface area contributed by atoms with Gasteiger partial charge in [-0.2, -0.15) is 0 Å². The number of ether oxygens (including phenoxy) is 2. The van der Waals surface area contributed by atoms with Gasteiger partial charge < -0.3 is 19.4 Å². The van der Waals surface area contributed by atoms with E-state index >= 15 is 0 Å². The molecule has 1 aliphatic rings. The molecular weight excluding hydrogens is 450 g/mol. The number of H-pyrrole nitrogens is 1. The molecule has 1 unspecified atom stereocenters. The average molecular weight is 484 g/mol. The zero-order valence-corrected chi connectivity index (χ0v) is 20.9. The molecule has 1 atom stereocenters. The molecule has 2 heterocycles. The van der Waals surface area contributed by atoms with Gasteiger partial charge in [0.2, 0.25) is 5.91 Å². The second kappa shape index (κ2) is 10.9. The first kappa shape index (κ1) is 23.9. The summed E-state index contributed by atoms with van der Waals surface area (Å²) < 4.78 is 11.1. The molecule has 6 heteroatoms. The lowest BCUT2D eigenvalue weighted by atomic mass is 9.87. The summed E-state index contributed by atoms with van der Waals surface area (Å²) in [7, 11) is 3.30. The maximum Gasteiger partial charge on any atom is 0.223 e. The molecule has 1 N–H and O–H groups in total. The molecule has 1 aliphatic heterocycles. The minimum absolute atomic E-state index is 0.125. The van der Waals surface area contributed by atoms with Crippen LogP contribution in [0.1, 0.15) is 29.0 Å². The third kappa shape index (κ3) is 5.24. The summed E-state index contributed by atoms with van der Waals surface area (Å²) >= 11 is 0. The highest BCUT2D eigenvalue weighted by Crippen LogP contribution is 2.37. The van der Waals surface area contributed by atoms with E-state index in [4.69, 9.17) is 9.47 Å². The van der Waals surface area contributed by atoms with Gasteiger partial charge in [-0.15, -0.1) is 0 Å². The van der Waals surface area contributed by atoms with Crippen LogP contribution >= 0.6 is 0 Å². The van der Waals surface area contributed by atoms with Gasteiger partial charge in [0, 0.05) is 68.2 Å². The van der Waals surface area contributed by atoms with Crippen molar-refractivity contribution in [3.8, 4) is 11.5 Å². The minimum Gasteiger partial charge on any atom is -0.497 e. The lowest BCUT2D eigenvalue weighted by Crippen LogP contribution is -2.48. The van der Waals surface area contributed by atoms with Crippen LogP contribution in [0.4, 0.5) is 0 Å². The lowest BCUT2D eigenvalue weighted by Gasteiger charge is -2.35. The molecule has 0 radical (unpaired) electrons. The molecule has 1 amide bonds. The Kier molecular flexibility index (Phi) is 7.23. The van der Waals surface area contributed by atoms with Crippen LogP contribution in [-0.2, 0) is 11.3 Å². The summed E-state index contributed by atoms with van der Waals surface area (Å²) in [6.07, 6.45) is 2.42. The SMILES string of the molecule is COc1cc(OC)cc(C(CC(=O)N2CCN(Cc3ccccc3)CC2)c2c[nH]c3ccccc23)c1. The van der Waals surface area contributed by atoms with Crippen LogP contribution in [0.3, 0.4) is 0 Å². The van der Waals surface area contributed by atoms with Gasteiger partial charge in [-0.1, -0.05) is 48.5 Å². The molecule has 4 aromatic rings. The van der Waals surface area contributed by atoms with Crippen LogP contribution in [0.2, 0.25) is 0 Å². The highest BCUT2D eigenvalue weighted by Gasteiger charge is 2.27. The fourth-order valence-corrected chi connectivity index (χ4v) is 5.12. The molecule has 0 saturated carbocycles. The molecular formula is C30H33N3O3. The third-order valence-corrected chi connectivity index (χ3v) is 7.13. The van der Waals surface area contributed by atoms with E-state index in [9.17, 15) is 4.79 Å². The Hall–Kier alpha value is -3.77. The standard InChI is InChI=1S/C30H33N3O3/c1-35-24-16-23(17-25(18-24)36-2)27(28-20-31-29-11-7-6-10-26(28)29)19-30(34)33-14-12-32(13-15-33)21-22-8-4-3-5-9-22/h3-11,16-18,20,27,31H,12-15,19,21H2,1-2H3. The van der Waals surface area contributed by atoms with Crippen molar-refractivity contribution in [3.05, 3.63) is 95.7 Å². The highest BCUT2D eigenvalue weighted by molar-refractivity contribution is 5.86. The van der Waals surface area contributed by atoms with Crippen molar-refractivity contribution in [2.45, 2.75) is 18.9 Å². The van der Waals surface area contributed by atoms with Crippen molar-refractivity contribution in [1.82, 2.24) is 14.8 Å². The Morgan fingerprint density at radius 1 is 0.889 bits per heavy atom. The number of fused-ring (bicyclic) bond motifs is 1. The Balaban J connectivity index is 1.37. The zero-order valence-electron chi connectivity index (χ0n) is 20.9. The smallest absolute Gasteiger partial charge is 0.223 e. The summed E-state index contributed by atoms with van der Waals surface area (Å²) in [5.74, 6) is 1.48. The van der Waals surface area contributed by atoms with Gasteiger partial charge in [0.25, 0.3) is 0 Å². The number of methoxy groups -OCH3 is 2. The molecule has 186 valence electrons. The molecule has 1 aromatic heterocycles. The largest absolute Gasteiger partial charge is 0.497 e. The second-order valence-electron chi connectivity index (χ2n) is 9.33. The lowest BCUT2D eigenvalue weighted by molar-refractivity contribution is -0.133. The average Bonchev–Trinajstić information content (AvgIpc) is 3.36. The quantitative estimate of drug-likeness (QED) is 0.381. The second-order valence-corrected chi connectivity index (χ2v) is 9.33. The van der Waals surface area contributed by atoms with E-state index in [0.29, 0.717) is 6.42 Å². The molecule has 0 spiro atoms. The first-order valence-corrected chi connectivity index (χ1v) is 12.5. The third-order valence-electron chi connectivity index (χ3n) is 7.13. The maximum absolute atomic E-state index is 13.6. The number of nitrogens with zero attached hydrogens (tertiary/aromatic N) is 2. The summed E-state index contributed by atoms with van der Waals surface area (Å²) in [6, 6.07) is 24.6. The fraction of sp³-hybridized carbons (Fsp3) is 0.300. The van der Waals surface area contributed by atoms with Gasteiger partial charge in [0.05, 0.1) is 14.2 Å². The number of carbonyl (C=O) groups excluding carboxylic acids is 1. The summed E-state index contributed by atoms with van der Waals surface area (Å²) in [4.78, 5) is 21.4. The Morgan fingerprint density at radius 2 is 1.56 bits per heavy atom. The van der Waals surface area contributed by atoms with E-state index < -0.39 is 0 Å². The number of benzene rings is 3. The van der Waals surface area contributed by atoms with Gasteiger partial charge in [-0.05, 0) is 34.9 Å². The van der Waals surface area contributed by atoms with Crippen LogP contribution < -0.4 is 9.47 Å². The normalized spacial score (nSPS) is 15.1. The number of aromatic amines is 1. The van der Waals surface area contributed by atoms with Crippen LogP contribution in [0.15, 0.2) is 79.0 Å². The molecule has 5 rings (SSSR count). The van der Waals surface area contributed by atoms with Gasteiger partial charge in [-0.3, -0.25) is 9.69 Å². The van der Waals surface area contributed by atoms with Gasteiger partial charge in [-0.25, -0.2) is 0 Å². The number of piperazine rings is 1. The first-order chi connectivity index (χ1) is 17.6. The number of hydrogen-bond acceptors (Lipinski definition) is 4.